The van der Waals surface area contributed by atoms with Crippen LogP contribution in [-0.2, 0) is 5.41 Å². The molecule has 0 unspecified atom stereocenters. The fraction of sp³-hybridized carbons (Fsp3) is 0.250. The zero-order chi connectivity index (χ0) is 14.8. The number of benzene rings is 2. The Morgan fingerprint density at radius 1 is 0.950 bits per heavy atom. The van der Waals surface area contributed by atoms with Crippen molar-refractivity contribution < 1.29 is 5.11 Å². The molecule has 0 aliphatic heterocycles. The predicted octanol–water partition coefficient (Wildman–Crippen LogP) is 3.77. The number of aromatic amines is 2. The Hall–Kier alpha value is -2.36. The molecular formula is C16H21N3O. The Bertz CT molecular complexity index is 659. The summed E-state index contributed by atoms with van der Waals surface area (Å²) in [5.74, 6) is 0.156. The Labute approximate surface area is 118 Å². The third-order valence-electron chi connectivity index (χ3n) is 3.15. The number of H-pyrrole nitrogens is 2. The average molecular weight is 271 g/mol. The normalized spacial score (nSPS) is 11.2. The van der Waals surface area contributed by atoms with E-state index in [1.54, 1.807) is 6.07 Å². The van der Waals surface area contributed by atoms with Gasteiger partial charge in [-0.25, -0.2) is 0 Å². The smallest absolute Gasteiger partial charge is 0.138 e. The number of rotatable bonds is 0. The number of aromatic nitrogens is 2. The van der Waals surface area contributed by atoms with Crippen molar-refractivity contribution in [1.82, 2.24) is 10.2 Å². The molecule has 0 atom stereocenters. The summed E-state index contributed by atoms with van der Waals surface area (Å²) in [6, 6.07) is 13.4. The lowest BCUT2D eigenvalue weighted by atomic mass is 9.87. The zero-order valence-corrected chi connectivity index (χ0v) is 12.1. The lowest BCUT2D eigenvalue weighted by Crippen LogP contribution is -2.11. The molecule has 0 aliphatic rings. The molecule has 3 rings (SSSR count). The van der Waals surface area contributed by atoms with Crippen LogP contribution in [0.4, 0.5) is 5.69 Å². The molecule has 1 aromatic heterocycles. The first-order chi connectivity index (χ1) is 9.38. The van der Waals surface area contributed by atoms with Gasteiger partial charge in [-0.2, -0.15) is 0 Å². The molecule has 2 aromatic carbocycles. The number of fused-ring (bicyclic) bond motifs is 1. The van der Waals surface area contributed by atoms with Crippen molar-refractivity contribution in [2.24, 2.45) is 0 Å². The maximum Gasteiger partial charge on any atom is 0.138 e. The molecule has 0 amide bonds. The highest BCUT2D eigenvalue weighted by Crippen LogP contribution is 2.28. The van der Waals surface area contributed by atoms with Gasteiger partial charge in [-0.3, -0.25) is 10.2 Å². The molecule has 3 aromatic rings. The Kier molecular flexibility index (Phi) is 3.74. The summed E-state index contributed by atoms with van der Waals surface area (Å²) in [5.41, 5.74) is 9.61. The van der Waals surface area contributed by atoms with E-state index in [9.17, 15) is 5.11 Å². The van der Waals surface area contributed by atoms with Crippen LogP contribution in [0, 0.1) is 0 Å². The highest BCUT2D eigenvalue weighted by Gasteiger charge is 2.14. The maximum atomic E-state index is 9.18. The number of para-hydroxylation sites is 2. The van der Waals surface area contributed by atoms with E-state index in [1.165, 1.54) is 11.0 Å². The number of nitrogens with two attached hydrogens (primary N) is 1. The van der Waals surface area contributed by atoms with Crippen LogP contribution in [0.1, 0.15) is 26.3 Å². The summed E-state index contributed by atoms with van der Waals surface area (Å²) >= 11 is 0. The SMILES string of the molecule is CC(C)(C)c1ccc(O)c(N)c1.c1ccc2[nH][nH]c2c1. The van der Waals surface area contributed by atoms with Crippen molar-refractivity contribution in [1.29, 1.82) is 0 Å². The van der Waals surface area contributed by atoms with Crippen LogP contribution in [0.25, 0.3) is 11.0 Å². The highest BCUT2D eigenvalue weighted by molar-refractivity contribution is 5.75. The lowest BCUT2D eigenvalue weighted by molar-refractivity contribution is 0.477. The molecule has 0 fully saturated rings. The van der Waals surface area contributed by atoms with Crippen molar-refractivity contribution in [3.63, 3.8) is 0 Å². The van der Waals surface area contributed by atoms with Crippen LogP contribution in [0.3, 0.4) is 0 Å². The van der Waals surface area contributed by atoms with Gasteiger partial charge >= 0.3 is 0 Å². The number of nitrogens with one attached hydrogen (secondary N) is 2. The van der Waals surface area contributed by atoms with E-state index in [0.29, 0.717) is 5.69 Å². The summed E-state index contributed by atoms with van der Waals surface area (Å²) in [4.78, 5) is 0. The number of phenols is 1. The first-order valence-corrected chi connectivity index (χ1v) is 6.58. The van der Waals surface area contributed by atoms with Gasteiger partial charge in [0.25, 0.3) is 0 Å². The number of hydrogen-bond acceptors (Lipinski definition) is 2. The van der Waals surface area contributed by atoms with E-state index in [1.807, 2.05) is 36.4 Å². The van der Waals surface area contributed by atoms with E-state index in [2.05, 4.69) is 31.0 Å². The molecule has 0 bridgehead atoms. The minimum atomic E-state index is 0.0851. The van der Waals surface area contributed by atoms with Gasteiger partial charge in [0.2, 0.25) is 0 Å². The van der Waals surface area contributed by atoms with Crippen molar-refractivity contribution in [3.8, 4) is 5.75 Å². The minimum absolute atomic E-state index is 0.0851. The standard InChI is InChI=1S/C10H15NO.C6H6N2/c1-10(2,3)7-4-5-9(12)8(11)6-7;1-2-4-6-5(3-1)7-8-6/h4-6,12H,11H2,1-3H3;1-4,7-8H. The third kappa shape index (κ3) is 3.15. The van der Waals surface area contributed by atoms with Crippen LogP contribution in [0.5, 0.6) is 5.75 Å². The van der Waals surface area contributed by atoms with Gasteiger partial charge in [-0.15, -0.1) is 0 Å². The number of aromatic hydroxyl groups is 1. The summed E-state index contributed by atoms with van der Waals surface area (Å²) in [7, 11) is 0. The molecule has 4 nitrogen and oxygen atoms in total. The van der Waals surface area contributed by atoms with Crippen LogP contribution in [0.15, 0.2) is 42.5 Å². The quantitative estimate of drug-likeness (QED) is 0.371. The van der Waals surface area contributed by atoms with Gasteiger partial charge < -0.3 is 10.8 Å². The van der Waals surface area contributed by atoms with Crippen LogP contribution in [0.2, 0.25) is 0 Å². The van der Waals surface area contributed by atoms with E-state index in [-0.39, 0.29) is 11.2 Å². The Balaban J connectivity index is 0.000000157. The van der Waals surface area contributed by atoms with Gasteiger partial charge in [-0.05, 0) is 35.2 Å². The number of hydrogen-bond donors (Lipinski definition) is 4. The van der Waals surface area contributed by atoms with Gasteiger partial charge in [-0.1, -0.05) is 39.0 Å². The topological polar surface area (TPSA) is 77.8 Å². The third-order valence-corrected chi connectivity index (χ3v) is 3.15. The summed E-state index contributed by atoms with van der Waals surface area (Å²) in [6.07, 6.45) is 0. The van der Waals surface area contributed by atoms with E-state index >= 15 is 0 Å². The van der Waals surface area contributed by atoms with Crippen molar-refractivity contribution >= 4 is 16.7 Å². The minimum Gasteiger partial charge on any atom is -0.506 e. The number of nitrogen functional groups attached to an aromatic ring is 1. The van der Waals surface area contributed by atoms with Gasteiger partial charge in [0, 0.05) is 0 Å². The zero-order valence-electron chi connectivity index (χ0n) is 12.1. The van der Waals surface area contributed by atoms with Crippen molar-refractivity contribution in [2.75, 3.05) is 5.73 Å². The Morgan fingerprint density at radius 3 is 1.85 bits per heavy atom. The molecule has 0 saturated heterocycles. The van der Waals surface area contributed by atoms with Gasteiger partial charge in [0.05, 0.1) is 16.7 Å². The second kappa shape index (κ2) is 5.33. The van der Waals surface area contributed by atoms with Crippen LogP contribution in [-0.4, -0.2) is 15.3 Å². The molecule has 0 spiro atoms. The molecule has 0 radical (unpaired) electrons. The summed E-state index contributed by atoms with van der Waals surface area (Å²) < 4.78 is 0. The molecule has 0 aliphatic carbocycles. The summed E-state index contributed by atoms with van der Waals surface area (Å²) in [6.45, 7) is 6.33. The van der Waals surface area contributed by atoms with Crippen LogP contribution < -0.4 is 5.73 Å². The summed E-state index contributed by atoms with van der Waals surface area (Å²) in [5, 5.41) is 15.1. The van der Waals surface area contributed by atoms with Gasteiger partial charge in [0.15, 0.2) is 0 Å². The molecule has 5 N–H and O–H groups in total. The molecular weight excluding hydrogens is 250 g/mol. The van der Waals surface area contributed by atoms with Crippen molar-refractivity contribution in [3.05, 3.63) is 48.0 Å². The number of phenolic OH excluding ortho intramolecular Hbond substituents is 1. The number of anilines is 1. The lowest BCUT2D eigenvalue weighted by Gasteiger charge is -2.19. The highest BCUT2D eigenvalue weighted by atomic mass is 16.3. The van der Waals surface area contributed by atoms with Gasteiger partial charge in [0.1, 0.15) is 5.75 Å². The first-order valence-electron chi connectivity index (χ1n) is 6.58. The first kappa shape index (κ1) is 14.1. The molecule has 106 valence electrons. The molecule has 20 heavy (non-hydrogen) atoms. The molecule has 0 saturated carbocycles. The monoisotopic (exact) mass is 271 g/mol. The molecule has 1 heterocycles. The van der Waals surface area contributed by atoms with E-state index in [4.69, 9.17) is 5.73 Å². The fourth-order valence-corrected chi connectivity index (χ4v) is 1.79. The maximum absolute atomic E-state index is 9.18. The molecule has 4 heteroatoms. The second-order valence-electron chi connectivity index (χ2n) is 5.82. The van der Waals surface area contributed by atoms with Crippen LogP contribution >= 0.6 is 0 Å². The van der Waals surface area contributed by atoms with E-state index in [0.717, 1.165) is 5.56 Å². The van der Waals surface area contributed by atoms with E-state index < -0.39 is 0 Å². The largest absolute Gasteiger partial charge is 0.506 e. The van der Waals surface area contributed by atoms with Crippen molar-refractivity contribution in [2.45, 2.75) is 26.2 Å². The Morgan fingerprint density at radius 2 is 1.50 bits per heavy atom. The fourth-order valence-electron chi connectivity index (χ4n) is 1.79. The second-order valence-corrected chi connectivity index (χ2v) is 5.82. The average Bonchev–Trinajstić information content (AvgIpc) is 2.34. The predicted molar refractivity (Wildman–Crippen MR) is 83.9 cm³/mol.